The first kappa shape index (κ1) is 14.4. The van der Waals surface area contributed by atoms with Crippen molar-refractivity contribution in [3.63, 3.8) is 0 Å². The number of aromatic nitrogens is 4. The molecule has 0 fully saturated rings. The number of nitrogen functional groups attached to an aromatic ring is 1. The molecule has 0 bridgehead atoms. The summed E-state index contributed by atoms with van der Waals surface area (Å²) in [5.41, 5.74) is 8.22. The maximum Gasteiger partial charge on any atom is 0.219 e. The Kier molecular flexibility index (Phi) is 4.61. The molecule has 106 valence electrons. The Balaban J connectivity index is 2.39. The van der Waals surface area contributed by atoms with E-state index in [-0.39, 0.29) is 5.95 Å². The van der Waals surface area contributed by atoms with Gasteiger partial charge in [0.15, 0.2) is 0 Å². The minimum Gasteiger partial charge on any atom is -0.368 e. The molecule has 0 saturated carbocycles. The second kappa shape index (κ2) is 6.41. The van der Waals surface area contributed by atoms with Crippen molar-refractivity contribution in [1.82, 2.24) is 19.9 Å². The summed E-state index contributed by atoms with van der Waals surface area (Å²) in [6.07, 6.45) is 6.70. The third kappa shape index (κ3) is 3.29. The average Bonchev–Trinajstić information content (AvgIpc) is 2.44. The molecule has 0 aliphatic heterocycles. The monoisotopic (exact) mass is 271 g/mol. The SMILES string of the molecule is CCCC(CC)c1nc(C)cc(-c2cnc(N)nc2)n1. The Labute approximate surface area is 119 Å². The van der Waals surface area contributed by atoms with Crippen LogP contribution in [0.3, 0.4) is 0 Å². The lowest BCUT2D eigenvalue weighted by atomic mass is 9.99. The summed E-state index contributed by atoms with van der Waals surface area (Å²) in [5.74, 6) is 1.60. The fraction of sp³-hybridized carbons (Fsp3) is 0.467. The average molecular weight is 271 g/mol. The van der Waals surface area contributed by atoms with Gasteiger partial charge >= 0.3 is 0 Å². The summed E-state index contributed by atoms with van der Waals surface area (Å²) >= 11 is 0. The van der Waals surface area contributed by atoms with Gasteiger partial charge in [-0.3, -0.25) is 0 Å². The fourth-order valence-electron chi connectivity index (χ4n) is 2.26. The Morgan fingerprint density at radius 2 is 1.85 bits per heavy atom. The summed E-state index contributed by atoms with van der Waals surface area (Å²) in [7, 11) is 0. The molecule has 0 aromatic carbocycles. The maximum atomic E-state index is 5.52. The van der Waals surface area contributed by atoms with Crippen molar-refractivity contribution in [2.45, 2.75) is 46.0 Å². The molecule has 2 N–H and O–H groups in total. The highest BCUT2D eigenvalue weighted by Gasteiger charge is 2.14. The summed E-state index contributed by atoms with van der Waals surface area (Å²) in [6, 6.07) is 1.96. The van der Waals surface area contributed by atoms with Gasteiger partial charge in [0, 0.05) is 29.6 Å². The Morgan fingerprint density at radius 1 is 1.15 bits per heavy atom. The Hall–Kier alpha value is -2.04. The van der Waals surface area contributed by atoms with Crippen LogP contribution < -0.4 is 5.73 Å². The van der Waals surface area contributed by atoms with Gasteiger partial charge in [0.25, 0.3) is 0 Å². The minimum absolute atomic E-state index is 0.275. The van der Waals surface area contributed by atoms with Crippen molar-refractivity contribution in [3.8, 4) is 11.3 Å². The molecule has 5 nitrogen and oxygen atoms in total. The maximum absolute atomic E-state index is 5.52. The van der Waals surface area contributed by atoms with E-state index < -0.39 is 0 Å². The van der Waals surface area contributed by atoms with Crippen LogP contribution in [0.4, 0.5) is 5.95 Å². The van der Waals surface area contributed by atoms with E-state index >= 15 is 0 Å². The van der Waals surface area contributed by atoms with Crippen LogP contribution in [0.15, 0.2) is 18.5 Å². The van der Waals surface area contributed by atoms with E-state index in [4.69, 9.17) is 10.7 Å². The van der Waals surface area contributed by atoms with Crippen LogP contribution in [0, 0.1) is 6.92 Å². The number of hydrogen-bond acceptors (Lipinski definition) is 5. The minimum atomic E-state index is 0.275. The molecule has 1 unspecified atom stereocenters. The molecule has 1 atom stereocenters. The number of hydrogen-bond donors (Lipinski definition) is 1. The zero-order chi connectivity index (χ0) is 14.5. The van der Waals surface area contributed by atoms with Crippen molar-refractivity contribution in [2.24, 2.45) is 0 Å². The van der Waals surface area contributed by atoms with Crippen LogP contribution in [0.25, 0.3) is 11.3 Å². The highest BCUT2D eigenvalue weighted by Crippen LogP contribution is 2.24. The van der Waals surface area contributed by atoms with E-state index in [0.717, 1.165) is 42.0 Å². The molecule has 0 aliphatic rings. The lowest BCUT2D eigenvalue weighted by Gasteiger charge is -2.14. The van der Waals surface area contributed by atoms with E-state index in [0.29, 0.717) is 5.92 Å². The van der Waals surface area contributed by atoms with Crippen molar-refractivity contribution in [1.29, 1.82) is 0 Å². The molecule has 20 heavy (non-hydrogen) atoms. The Bertz CT molecular complexity index is 565. The molecule has 0 radical (unpaired) electrons. The van der Waals surface area contributed by atoms with Gasteiger partial charge in [0.2, 0.25) is 5.95 Å². The molecule has 0 amide bonds. The number of nitrogens with zero attached hydrogens (tertiary/aromatic N) is 4. The highest BCUT2D eigenvalue weighted by molar-refractivity contribution is 5.57. The van der Waals surface area contributed by atoms with E-state index in [1.807, 2.05) is 13.0 Å². The molecule has 5 heteroatoms. The predicted octanol–water partition coefficient (Wildman–Crippen LogP) is 3.12. The van der Waals surface area contributed by atoms with Gasteiger partial charge in [0.1, 0.15) is 5.82 Å². The first-order valence-corrected chi connectivity index (χ1v) is 7.07. The third-order valence-electron chi connectivity index (χ3n) is 3.33. The van der Waals surface area contributed by atoms with Gasteiger partial charge < -0.3 is 5.73 Å². The first-order chi connectivity index (χ1) is 9.63. The van der Waals surface area contributed by atoms with Crippen molar-refractivity contribution >= 4 is 5.95 Å². The second-order valence-electron chi connectivity index (χ2n) is 4.98. The van der Waals surface area contributed by atoms with E-state index in [1.54, 1.807) is 12.4 Å². The van der Waals surface area contributed by atoms with Crippen molar-refractivity contribution in [2.75, 3.05) is 5.73 Å². The van der Waals surface area contributed by atoms with Gasteiger partial charge in [-0.1, -0.05) is 20.3 Å². The van der Waals surface area contributed by atoms with Crippen molar-refractivity contribution < 1.29 is 0 Å². The largest absolute Gasteiger partial charge is 0.368 e. The van der Waals surface area contributed by atoms with E-state index in [9.17, 15) is 0 Å². The number of aryl methyl sites for hydroxylation is 1. The lowest BCUT2D eigenvalue weighted by molar-refractivity contribution is 0.563. The molecule has 2 aromatic rings. The molecular weight excluding hydrogens is 250 g/mol. The molecule has 2 heterocycles. The van der Waals surface area contributed by atoms with Crippen LogP contribution in [-0.2, 0) is 0 Å². The molecule has 0 aliphatic carbocycles. The number of rotatable bonds is 5. The van der Waals surface area contributed by atoms with Crippen molar-refractivity contribution in [3.05, 3.63) is 30.0 Å². The standard InChI is InChI=1S/C15H21N5/c1-4-6-11(5-2)14-19-10(3)7-13(20-14)12-8-17-15(16)18-9-12/h7-9,11H,4-6H2,1-3H3,(H2,16,17,18). The number of nitrogens with two attached hydrogens (primary N) is 1. The number of anilines is 1. The summed E-state index contributed by atoms with van der Waals surface area (Å²) in [4.78, 5) is 17.3. The van der Waals surface area contributed by atoms with Gasteiger partial charge in [-0.25, -0.2) is 19.9 Å². The van der Waals surface area contributed by atoms with Crippen LogP contribution in [0.1, 0.15) is 50.5 Å². The van der Waals surface area contributed by atoms with Crippen LogP contribution >= 0.6 is 0 Å². The summed E-state index contributed by atoms with van der Waals surface area (Å²) in [5, 5.41) is 0. The smallest absolute Gasteiger partial charge is 0.219 e. The van der Waals surface area contributed by atoms with Crippen LogP contribution in [0.5, 0.6) is 0 Å². The van der Waals surface area contributed by atoms with Gasteiger partial charge in [0.05, 0.1) is 5.69 Å². The predicted molar refractivity (Wildman–Crippen MR) is 80.1 cm³/mol. The Morgan fingerprint density at radius 3 is 2.45 bits per heavy atom. The molecule has 0 spiro atoms. The second-order valence-corrected chi connectivity index (χ2v) is 4.98. The normalized spacial score (nSPS) is 12.3. The third-order valence-corrected chi connectivity index (χ3v) is 3.33. The summed E-state index contributed by atoms with van der Waals surface area (Å²) < 4.78 is 0. The highest BCUT2D eigenvalue weighted by atomic mass is 15.0. The zero-order valence-electron chi connectivity index (χ0n) is 12.3. The van der Waals surface area contributed by atoms with Crippen LogP contribution in [0.2, 0.25) is 0 Å². The quantitative estimate of drug-likeness (QED) is 0.904. The van der Waals surface area contributed by atoms with E-state index in [2.05, 4.69) is 28.8 Å². The lowest BCUT2D eigenvalue weighted by Crippen LogP contribution is -2.06. The topological polar surface area (TPSA) is 77.6 Å². The molecule has 2 rings (SSSR count). The van der Waals surface area contributed by atoms with E-state index in [1.165, 1.54) is 0 Å². The van der Waals surface area contributed by atoms with Gasteiger partial charge in [-0.15, -0.1) is 0 Å². The van der Waals surface area contributed by atoms with Gasteiger partial charge in [-0.05, 0) is 25.8 Å². The fourth-order valence-corrected chi connectivity index (χ4v) is 2.26. The zero-order valence-corrected chi connectivity index (χ0v) is 12.3. The van der Waals surface area contributed by atoms with Gasteiger partial charge in [-0.2, -0.15) is 0 Å². The first-order valence-electron chi connectivity index (χ1n) is 7.07. The van der Waals surface area contributed by atoms with Crippen LogP contribution in [-0.4, -0.2) is 19.9 Å². The summed E-state index contributed by atoms with van der Waals surface area (Å²) in [6.45, 7) is 6.36. The molecular formula is C15H21N5. The molecule has 2 aromatic heterocycles. The molecule has 0 saturated heterocycles.